The number of furan rings is 1. The fourth-order valence-electron chi connectivity index (χ4n) is 2.48. The molecule has 1 aromatic heterocycles. The molecule has 0 aliphatic heterocycles. The molecule has 0 spiro atoms. The molecule has 5 nitrogen and oxygen atoms in total. The topological polar surface area (TPSA) is 68.5 Å². The van der Waals surface area contributed by atoms with E-state index >= 15 is 0 Å². The van der Waals surface area contributed by atoms with Crippen molar-refractivity contribution in [3.05, 3.63) is 64.4 Å². The molecule has 0 fully saturated rings. The monoisotopic (exact) mass is 393 g/mol. The SMILES string of the molecule is Cc1c(C(=O)O[C@H](C)C(=O)Nc2ccc(F)cc2F)oc2ccc(Cl)cc12. The number of carbonyl (C=O) groups excluding carboxylic acids is 2. The van der Waals surface area contributed by atoms with Crippen LogP contribution in [0.15, 0.2) is 40.8 Å². The summed E-state index contributed by atoms with van der Waals surface area (Å²) in [4.78, 5) is 24.5. The average molecular weight is 394 g/mol. The molecule has 27 heavy (non-hydrogen) atoms. The first-order valence-corrected chi connectivity index (χ1v) is 8.29. The lowest BCUT2D eigenvalue weighted by Crippen LogP contribution is -2.30. The lowest BCUT2D eigenvalue weighted by Gasteiger charge is -2.13. The second kappa shape index (κ2) is 7.36. The van der Waals surface area contributed by atoms with Crippen molar-refractivity contribution >= 4 is 40.1 Å². The Morgan fingerprint density at radius 2 is 1.93 bits per heavy atom. The van der Waals surface area contributed by atoms with Crippen LogP contribution in [-0.4, -0.2) is 18.0 Å². The summed E-state index contributed by atoms with van der Waals surface area (Å²) in [6.07, 6.45) is -1.24. The summed E-state index contributed by atoms with van der Waals surface area (Å²) in [6.45, 7) is 2.99. The largest absolute Gasteiger partial charge is 0.449 e. The first-order chi connectivity index (χ1) is 12.8. The van der Waals surface area contributed by atoms with E-state index < -0.39 is 29.6 Å². The van der Waals surface area contributed by atoms with Crippen LogP contribution >= 0.6 is 11.6 Å². The van der Waals surface area contributed by atoms with Gasteiger partial charge in [-0.2, -0.15) is 0 Å². The molecular formula is C19H14ClF2NO4. The van der Waals surface area contributed by atoms with E-state index in [4.69, 9.17) is 20.8 Å². The summed E-state index contributed by atoms with van der Waals surface area (Å²) in [5.41, 5.74) is 0.753. The summed E-state index contributed by atoms with van der Waals surface area (Å²) >= 11 is 5.94. The van der Waals surface area contributed by atoms with Gasteiger partial charge in [0, 0.05) is 22.0 Å². The van der Waals surface area contributed by atoms with Crippen LogP contribution in [0.1, 0.15) is 23.0 Å². The minimum Gasteiger partial charge on any atom is -0.449 e. The first-order valence-electron chi connectivity index (χ1n) is 7.92. The predicted molar refractivity (Wildman–Crippen MR) is 95.8 cm³/mol. The summed E-state index contributed by atoms with van der Waals surface area (Å²) < 4.78 is 37.1. The summed E-state index contributed by atoms with van der Waals surface area (Å²) in [5, 5.41) is 3.38. The third kappa shape index (κ3) is 3.93. The van der Waals surface area contributed by atoms with Gasteiger partial charge in [0.05, 0.1) is 5.69 Å². The van der Waals surface area contributed by atoms with Crippen LogP contribution in [0.2, 0.25) is 5.02 Å². The van der Waals surface area contributed by atoms with Crippen molar-refractivity contribution in [1.29, 1.82) is 0 Å². The van der Waals surface area contributed by atoms with Gasteiger partial charge in [-0.25, -0.2) is 13.6 Å². The first kappa shape index (κ1) is 18.8. The molecule has 2 aromatic carbocycles. The number of aryl methyl sites for hydroxylation is 1. The van der Waals surface area contributed by atoms with E-state index in [1.807, 2.05) is 0 Å². The van der Waals surface area contributed by atoms with Crippen molar-refractivity contribution in [3.63, 3.8) is 0 Å². The molecule has 0 radical (unpaired) electrons. The van der Waals surface area contributed by atoms with E-state index in [1.54, 1.807) is 25.1 Å². The van der Waals surface area contributed by atoms with Gasteiger partial charge in [0.25, 0.3) is 5.91 Å². The molecule has 0 saturated heterocycles. The second-order valence-corrected chi connectivity index (χ2v) is 6.29. The Hall–Kier alpha value is -2.93. The Bertz CT molecular complexity index is 1050. The summed E-state index contributed by atoms with van der Waals surface area (Å²) in [7, 11) is 0. The molecule has 0 unspecified atom stereocenters. The standard InChI is InChI=1S/C19H14ClF2NO4/c1-9-13-7-11(20)3-6-16(13)27-17(9)19(25)26-10(2)18(24)23-15-5-4-12(21)8-14(15)22/h3-8,10H,1-2H3,(H,23,24)/t10-/m1/s1. The van der Waals surface area contributed by atoms with E-state index in [0.717, 1.165) is 12.1 Å². The van der Waals surface area contributed by atoms with Gasteiger partial charge in [-0.15, -0.1) is 0 Å². The smallest absolute Gasteiger partial charge is 0.375 e. The molecule has 1 N–H and O–H groups in total. The number of nitrogens with one attached hydrogen (secondary N) is 1. The zero-order valence-electron chi connectivity index (χ0n) is 14.3. The van der Waals surface area contributed by atoms with Crippen LogP contribution in [0, 0.1) is 18.6 Å². The lowest BCUT2D eigenvalue weighted by molar-refractivity contribution is -0.123. The molecule has 0 aliphatic carbocycles. The molecule has 8 heteroatoms. The number of esters is 1. The number of ether oxygens (including phenoxy) is 1. The molecule has 0 saturated carbocycles. The Morgan fingerprint density at radius 3 is 2.63 bits per heavy atom. The molecule has 140 valence electrons. The van der Waals surface area contributed by atoms with Gasteiger partial charge in [-0.05, 0) is 44.2 Å². The summed E-state index contributed by atoms with van der Waals surface area (Å²) in [5.74, 6) is -3.38. The average Bonchev–Trinajstić information content (AvgIpc) is 2.93. The van der Waals surface area contributed by atoms with E-state index in [-0.39, 0.29) is 11.4 Å². The molecular weight excluding hydrogens is 380 g/mol. The Balaban J connectivity index is 1.73. The number of benzene rings is 2. The van der Waals surface area contributed by atoms with E-state index in [0.29, 0.717) is 27.6 Å². The highest BCUT2D eigenvalue weighted by Gasteiger charge is 2.25. The molecule has 1 amide bonds. The third-order valence-corrected chi connectivity index (χ3v) is 4.16. The number of amides is 1. The van der Waals surface area contributed by atoms with Crippen LogP contribution in [0.5, 0.6) is 0 Å². The van der Waals surface area contributed by atoms with Crippen LogP contribution in [0.25, 0.3) is 11.0 Å². The molecule has 0 aliphatic rings. The number of hydrogen-bond donors (Lipinski definition) is 1. The van der Waals surface area contributed by atoms with E-state index in [1.165, 1.54) is 6.92 Å². The molecule has 3 rings (SSSR count). The van der Waals surface area contributed by atoms with Crippen molar-refractivity contribution in [3.8, 4) is 0 Å². The maximum absolute atomic E-state index is 13.6. The maximum atomic E-state index is 13.6. The van der Waals surface area contributed by atoms with Crippen molar-refractivity contribution in [2.45, 2.75) is 20.0 Å². The van der Waals surface area contributed by atoms with E-state index in [2.05, 4.69) is 5.32 Å². The normalized spacial score (nSPS) is 12.0. The zero-order valence-corrected chi connectivity index (χ0v) is 15.1. The van der Waals surface area contributed by atoms with E-state index in [9.17, 15) is 18.4 Å². The number of halogens is 3. The lowest BCUT2D eigenvalue weighted by atomic mass is 10.1. The van der Waals surface area contributed by atoms with Gasteiger partial charge >= 0.3 is 5.97 Å². The quantitative estimate of drug-likeness (QED) is 0.643. The molecule has 1 heterocycles. The van der Waals surface area contributed by atoms with Crippen molar-refractivity contribution in [1.82, 2.24) is 0 Å². The third-order valence-electron chi connectivity index (χ3n) is 3.93. The Morgan fingerprint density at radius 1 is 1.19 bits per heavy atom. The van der Waals surface area contributed by atoms with Crippen molar-refractivity contribution < 1.29 is 27.5 Å². The zero-order chi connectivity index (χ0) is 19.7. The van der Waals surface area contributed by atoms with Gasteiger partial charge in [0.15, 0.2) is 6.10 Å². The predicted octanol–water partition coefficient (Wildman–Crippen LogP) is 4.86. The Labute approximate surface area is 157 Å². The van der Waals surface area contributed by atoms with Gasteiger partial charge in [-0.1, -0.05) is 11.6 Å². The fraction of sp³-hybridized carbons (Fsp3) is 0.158. The van der Waals surface area contributed by atoms with Crippen LogP contribution in [-0.2, 0) is 9.53 Å². The van der Waals surface area contributed by atoms with Gasteiger partial charge in [-0.3, -0.25) is 4.79 Å². The molecule has 1 atom stereocenters. The second-order valence-electron chi connectivity index (χ2n) is 5.86. The van der Waals surface area contributed by atoms with Crippen LogP contribution < -0.4 is 5.32 Å². The van der Waals surface area contributed by atoms with Crippen LogP contribution in [0.3, 0.4) is 0 Å². The number of fused-ring (bicyclic) bond motifs is 1. The number of anilines is 1. The van der Waals surface area contributed by atoms with Crippen molar-refractivity contribution in [2.24, 2.45) is 0 Å². The molecule has 0 bridgehead atoms. The van der Waals surface area contributed by atoms with Crippen molar-refractivity contribution in [2.75, 3.05) is 5.32 Å². The maximum Gasteiger partial charge on any atom is 0.375 e. The highest BCUT2D eigenvalue weighted by Crippen LogP contribution is 2.28. The Kier molecular flexibility index (Phi) is 5.14. The van der Waals surface area contributed by atoms with Gasteiger partial charge in [0.2, 0.25) is 5.76 Å². The minimum absolute atomic E-state index is 0.0557. The van der Waals surface area contributed by atoms with Crippen LogP contribution in [0.4, 0.5) is 14.5 Å². The minimum atomic E-state index is -1.24. The number of carbonyl (C=O) groups is 2. The van der Waals surface area contributed by atoms with Gasteiger partial charge < -0.3 is 14.5 Å². The van der Waals surface area contributed by atoms with Gasteiger partial charge in [0.1, 0.15) is 17.2 Å². The fourth-order valence-corrected chi connectivity index (χ4v) is 2.65. The highest BCUT2D eigenvalue weighted by atomic mass is 35.5. The highest BCUT2D eigenvalue weighted by molar-refractivity contribution is 6.31. The number of rotatable bonds is 4. The summed E-state index contributed by atoms with van der Waals surface area (Å²) in [6, 6.07) is 7.60. The molecule has 3 aromatic rings. The number of hydrogen-bond acceptors (Lipinski definition) is 4.